The molecular weight excluding hydrogens is 322 g/mol. The summed E-state index contributed by atoms with van der Waals surface area (Å²) in [6.07, 6.45) is 6.68. The van der Waals surface area contributed by atoms with Crippen LogP contribution in [0.15, 0.2) is 41.5 Å². The van der Waals surface area contributed by atoms with Crippen molar-refractivity contribution >= 4 is 23.7 Å². The average molecular weight is 337 g/mol. The van der Waals surface area contributed by atoms with Gasteiger partial charge in [-0.25, -0.2) is 0 Å². The number of carbonyl (C=O) groups excluding carboxylic acids is 2. The quantitative estimate of drug-likeness (QED) is 0.277. The Hall–Kier alpha value is -2.83. The highest BCUT2D eigenvalue weighted by atomic mass is 16.6. The molecule has 1 heterocycles. The summed E-state index contributed by atoms with van der Waals surface area (Å²) in [4.78, 5) is 35.8. The number of non-ortho nitro benzene ring substituents is 1. The van der Waals surface area contributed by atoms with Crippen molar-refractivity contribution in [3.63, 3.8) is 0 Å². The average Bonchev–Trinajstić information content (AvgIpc) is 3.39. The minimum absolute atomic E-state index is 0.0565. The minimum atomic E-state index is -0.492. The van der Waals surface area contributed by atoms with Crippen LogP contribution in [0.4, 0.5) is 5.69 Å². The van der Waals surface area contributed by atoms with E-state index in [9.17, 15) is 19.7 Å². The van der Waals surface area contributed by atoms with Crippen molar-refractivity contribution in [3.05, 3.63) is 52.1 Å². The fraction of sp³-hybridized carbons (Fsp3) is 0.389. The number of nitro benzene ring substituents is 1. The summed E-state index contributed by atoms with van der Waals surface area (Å²) >= 11 is 0. The molecule has 6 atom stereocenters. The van der Waals surface area contributed by atoms with Gasteiger partial charge in [0.05, 0.1) is 23.0 Å². The summed E-state index contributed by atoms with van der Waals surface area (Å²) in [6.45, 7) is 0. The lowest BCUT2D eigenvalue weighted by atomic mass is 9.63. The van der Waals surface area contributed by atoms with E-state index < -0.39 is 4.92 Å². The van der Waals surface area contributed by atoms with Gasteiger partial charge in [-0.1, -0.05) is 24.3 Å². The number of carbonyl (C=O) groups is 2. The first-order valence-corrected chi connectivity index (χ1v) is 8.41. The first kappa shape index (κ1) is 14.5. The van der Waals surface area contributed by atoms with Crippen LogP contribution in [0.2, 0.25) is 0 Å². The Balaban J connectivity index is 1.43. The smallest absolute Gasteiger partial charge is 0.270 e. The SMILES string of the molecule is O=C1[C@@H]2[C@@H]3C=C[C@H]([C@H]4C[C@@H]34)[C@@H]2C(=O)N1/N=C\c1cccc([N+](=O)[O-])c1. The molecule has 2 saturated carbocycles. The number of nitro groups is 1. The van der Waals surface area contributed by atoms with Gasteiger partial charge in [-0.2, -0.15) is 10.1 Å². The van der Waals surface area contributed by atoms with Gasteiger partial charge in [-0.05, 0) is 30.1 Å². The third-order valence-corrected chi connectivity index (χ3v) is 6.04. The van der Waals surface area contributed by atoms with E-state index in [1.165, 1.54) is 18.3 Å². The third-order valence-electron chi connectivity index (χ3n) is 6.04. The summed E-state index contributed by atoms with van der Waals surface area (Å²) in [5.41, 5.74) is 0.424. The molecule has 0 N–H and O–H groups in total. The molecule has 1 aliphatic heterocycles. The molecule has 0 unspecified atom stereocenters. The first-order chi connectivity index (χ1) is 12.1. The molecule has 0 aromatic heterocycles. The zero-order valence-corrected chi connectivity index (χ0v) is 13.2. The Kier molecular flexibility index (Phi) is 2.81. The largest absolute Gasteiger partial charge is 0.272 e. The zero-order chi connectivity index (χ0) is 17.3. The van der Waals surface area contributed by atoms with E-state index >= 15 is 0 Å². The molecule has 5 aliphatic rings. The van der Waals surface area contributed by atoms with Crippen molar-refractivity contribution in [1.82, 2.24) is 5.01 Å². The molecule has 0 spiro atoms. The molecular formula is C18H15N3O4. The number of benzene rings is 1. The van der Waals surface area contributed by atoms with Gasteiger partial charge >= 0.3 is 0 Å². The zero-order valence-electron chi connectivity index (χ0n) is 13.2. The maximum absolute atomic E-state index is 12.7. The molecule has 2 bridgehead atoms. The second-order valence-corrected chi connectivity index (χ2v) is 7.24. The van der Waals surface area contributed by atoms with Gasteiger partial charge < -0.3 is 0 Å². The van der Waals surface area contributed by atoms with Gasteiger partial charge in [0.25, 0.3) is 17.5 Å². The number of allylic oxidation sites excluding steroid dienone is 2. The van der Waals surface area contributed by atoms with E-state index in [2.05, 4.69) is 17.3 Å². The second kappa shape index (κ2) is 4.84. The summed E-state index contributed by atoms with van der Waals surface area (Å²) in [6, 6.07) is 5.94. The van der Waals surface area contributed by atoms with Crippen molar-refractivity contribution in [2.45, 2.75) is 6.42 Å². The highest BCUT2D eigenvalue weighted by Crippen LogP contribution is 2.65. The second-order valence-electron chi connectivity index (χ2n) is 7.24. The maximum Gasteiger partial charge on any atom is 0.270 e. The predicted molar refractivity (Wildman–Crippen MR) is 87.2 cm³/mol. The monoisotopic (exact) mass is 337 g/mol. The molecule has 1 aromatic carbocycles. The van der Waals surface area contributed by atoms with Crippen LogP contribution in [0, 0.1) is 45.6 Å². The van der Waals surface area contributed by atoms with Crippen molar-refractivity contribution < 1.29 is 14.5 Å². The van der Waals surface area contributed by atoms with Crippen LogP contribution in [0.1, 0.15) is 12.0 Å². The van der Waals surface area contributed by atoms with Gasteiger partial charge in [0.1, 0.15) is 0 Å². The lowest BCUT2D eigenvalue weighted by Crippen LogP contribution is -2.40. The van der Waals surface area contributed by atoms with Gasteiger partial charge in [0.2, 0.25) is 0 Å². The molecule has 25 heavy (non-hydrogen) atoms. The van der Waals surface area contributed by atoms with Crippen LogP contribution < -0.4 is 0 Å². The first-order valence-electron chi connectivity index (χ1n) is 8.41. The Morgan fingerprint density at radius 2 is 1.76 bits per heavy atom. The number of amides is 2. The molecule has 3 fully saturated rings. The normalized spacial score (nSPS) is 37.5. The van der Waals surface area contributed by atoms with Crippen molar-refractivity contribution in [3.8, 4) is 0 Å². The molecule has 0 radical (unpaired) electrons. The molecule has 7 heteroatoms. The number of imide groups is 1. The molecule has 2 amide bonds. The fourth-order valence-corrected chi connectivity index (χ4v) is 4.90. The molecule has 1 saturated heterocycles. The number of hydrogen-bond donors (Lipinski definition) is 0. The summed E-state index contributed by atoms with van der Waals surface area (Å²) in [5, 5.41) is 15.9. The topological polar surface area (TPSA) is 92.9 Å². The van der Waals surface area contributed by atoms with Gasteiger partial charge in [0, 0.05) is 17.7 Å². The highest BCUT2D eigenvalue weighted by molar-refractivity contribution is 6.06. The molecule has 7 nitrogen and oxygen atoms in total. The Bertz CT molecular complexity index is 841. The van der Waals surface area contributed by atoms with Crippen molar-refractivity contribution in [2.24, 2.45) is 40.6 Å². The van der Waals surface area contributed by atoms with Crippen LogP contribution in [-0.4, -0.2) is 28.0 Å². The van der Waals surface area contributed by atoms with Gasteiger partial charge in [0.15, 0.2) is 0 Å². The summed E-state index contributed by atoms with van der Waals surface area (Å²) in [7, 11) is 0. The summed E-state index contributed by atoms with van der Waals surface area (Å²) in [5.74, 6) is 0.385. The van der Waals surface area contributed by atoms with Crippen LogP contribution in [0.3, 0.4) is 0 Å². The van der Waals surface area contributed by atoms with E-state index in [1.807, 2.05) is 0 Å². The molecule has 126 valence electrons. The van der Waals surface area contributed by atoms with Crippen molar-refractivity contribution in [2.75, 3.05) is 0 Å². The van der Waals surface area contributed by atoms with Crippen LogP contribution in [0.25, 0.3) is 0 Å². The summed E-state index contributed by atoms with van der Waals surface area (Å²) < 4.78 is 0. The fourth-order valence-electron chi connectivity index (χ4n) is 4.90. The Morgan fingerprint density at radius 3 is 2.36 bits per heavy atom. The molecule has 1 aromatic rings. The predicted octanol–water partition coefficient (Wildman–Crippen LogP) is 1.98. The number of nitrogens with zero attached hydrogens (tertiary/aromatic N) is 3. The molecule has 4 aliphatic carbocycles. The van der Waals surface area contributed by atoms with Gasteiger partial charge in [-0.15, -0.1) is 0 Å². The lowest BCUT2D eigenvalue weighted by molar-refractivity contribution is -0.384. The van der Waals surface area contributed by atoms with Crippen LogP contribution in [-0.2, 0) is 9.59 Å². The van der Waals surface area contributed by atoms with Crippen LogP contribution in [0.5, 0.6) is 0 Å². The van der Waals surface area contributed by atoms with E-state index in [0.717, 1.165) is 11.4 Å². The van der Waals surface area contributed by atoms with E-state index in [1.54, 1.807) is 12.1 Å². The van der Waals surface area contributed by atoms with E-state index in [4.69, 9.17) is 0 Å². The number of hydrazone groups is 1. The Labute approximate surface area is 143 Å². The number of hydrogen-bond acceptors (Lipinski definition) is 5. The number of rotatable bonds is 3. The minimum Gasteiger partial charge on any atom is -0.272 e. The lowest BCUT2D eigenvalue weighted by Gasteiger charge is -2.37. The third kappa shape index (κ3) is 1.95. The Morgan fingerprint density at radius 1 is 1.12 bits per heavy atom. The highest BCUT2D eigenvalue weighted by Gasteiger charge is 2.67. The van der Waals surface area contributed by atoms with Crippen LogP contribution >= 0.6 is 0 Å². The molecule has 6 rings (SSSR count). The van der Waals surface area contributed by atoms with E-state index in [-0.39, 0.29) is 41.2 Å². The van der Waals surface area contributed by atoms with Crippen molar-refractivity contribution in [1.29, 1.82) is 0 Å². The maximum atomic E-state index is 12.7. The van der Waals surface area contributed by atoms with Gasteiger partial charge in [-0.3, -0.25) is 19.7 Å². The standard InChI is InChI=1S/C18H15N3O4/c22-17-15-11-4-5-12(14-7-13(11)14)16(15)18(23)20(17)19-8-9-2-1-3-10(6-9)21(24)25/h1-6,8,11-16H,7H2/b19-8-/t11-,12-,13-,14+,15+,16-/m1/s1. The van der Waals surface area contributed by atoms with E-state index in [0.29, 0.717) is 17.4 Å².